The Balaban J connectivity index is 1.52. The number of nitrogens with zero attached hydrogens (tertiary/aromatic N) is 4. The monoisotopic (exact) mass is 560 g/mol. The average molecular weight is 562 g/mol. The van der Waals surface area contributed by atoms with Gasteiger partial charge in [-0.1, -0.05) is 23.2 Å². The third kappa shape index (κ3) is 8.25. The normalized spacial score (nSPS) is 18.7. The van der Waals surface area contributed by atoms with Gasteiger partial charge in [-0.3, -0.25) is 4.90 Å². The number of piperidine rings is 1. The molecule has 2 aliphatic rings. The van der Waals surface area contributed by atoms with E-state index in [2.05, 4.69) is 21.7 Å². The third-order valence-corrected chi connectivity index (χ3v) is 7.62. The minimum Gasteiger partial charge on any atom is -0.423 e. The number of benzene rings is 1. The van der Waals surface area contributed by atoms with Gasteiger partial charge in [-0.2, -0.15) is 0 Å². The first kappa shape index (κ1) is 28.5. The van der Waals surface area contributed by atoms with Gasteiger partial charge in [-0.25, -0.2) is 4.98 Å². The molecule has 0 saturated carbocycles. The van der Waals surface area contributed by atoms with E-state index in [-0.39, 0.29) is 12.5 Å². The molecule has 8 nitrogen and oxygen atoms in total. The Kier molecular flexibility index (Phi) is 10.2. The van der Waals surface area contributed by atoms with E-state index in [1.54, 1.807) is 18.2 Å². The summed E-state index contributed by atoms with van der Waals surface area (Å²) in [7, 11) is 2.11. The highest BCUT2D eigenvalue weighted by atomic mass is 35.5. The summed E-state index contributed by atoms with van der Waals surface area (Å²) in [6.45, 7) is 6.67. The summed E-state index contributed by atoms with van der Waals surface area (Å²) >= 11 is 12.6. The number of pyridine rings is 1. The highest BCUT2D eigenvalue weighted by Gasteiger charge is 2.20. The van der Waals surface area contributed by atoms with Gasteiger partial charge in [-0.05, 0) is 81.2 Å². The lowest BCUT2D eigenvalue weighted by Gasteiger charge is -2.33. The Labute approximate surface area is 235 Å². The molecule has 2 aromatic rings. The van der Waals surface area contributed by atoms with Gasteiger partial charge in [-0.15, -0.1) is 0 Å². The van der Waals surface area contributed by atoms with Crippen molar-refractivity contribution >= 4 is 23.2 Å². The second-order valence-corrected chi connectivity index (χ2v) is 11.0. The van der Waals surface area contributed by atoms with E-state index < -0.39 is 0 Å². The minimum absolute atomic E-state index is 0.201. The number of aliphatic hydroxyl groups is 1. The Morgan fingerprint density at radius 1 is 1.00 bits per heavy atom. The average Bonchev–Trinajstić information content (AvgIpc) is 2.88. The molecule has 38 heavy (non-hydrogen) atoms. The molecule has 0 radical (unpaired) electrons. The summed E-state index contributed by atoms with van der Waals surface area (Å²) in [6.07, 6.45) is 6.49. The van der Waals surface area contributed by atoms with Crippen molar-refractivity contribution in [1.82, 2.24) is 19.7 Å². The smallest absolute Gasteiger partial charge is 0.222 e. The Bertz CT molecular complexity index is 1120. The van der Waals surface area contributed by atoms with Crippen LogP contribution >= 0.6 is 23.2 Å². The number of likely N-dealkylation sites (N-methyl/N-ethyl adjacent to an activating group) is 1. The van der Waals surface area contributed by atoms with E-state index in [0.29, 0.717) is 33.4 Å². The second kappa shape index (κ2) is 13.5. The topological polar surface area (TPSA) is 104 Å². The number of halogens is 2. The molecule has 0 amide bonds. The number of hydrogen-bond donors (Lipinski definition) is 3. The van der Waals surface area contributed by atoms with Crippen LogP contribution in [0.3, 0.4) is 0 Å². The standard InChI is InChI=1S/C28H38Cl2N6O2/c1-34-9-11-36(12-10-34)26(31)2-3-27(32)38-28-15-21(19-35-7-4-20(5-8-35)6-13-37)14-25(33-28)22-16-23(29)18-24(30)17-22/h2-3,14-18,20,37H,4-13,19,31-32H2,1H3/b26-2+,27-3+. The van der Waals surface area contributed by atoms with E-state index >= 15 is 0 Å². The molecule has 2 saturated heterocycles. The van der Waals surface area contributed by atoms with Crippen LogP contribution in [0.4, 0.5) is 0 Å². The van der Waals surface area contributed by atoms with Gasteiger partial charge in [0.25, 0.3) is 0 Å². The van der Waals surface area contributed by atoms with Crippen molar-refractivity contribution in [3.8, 4) is 17.1 Å². The molecule has 206 valence electrons. The highest BCUT2D eigenvalue weighted by Crippen LogP contribution is 2.30. The van der Waals surface area contributed by atoms with Crippen molar-refractivity contribution < 1.29 is 9.84 Å². The fourth-order valence-corrected chi connectivity index (χ4v) is 5.44. The lowest BCUT2D eigenvalue weighted by atomic mass is 9.93. The van der Waals surface area contributed by atoms with Gasteiger partial charge in [0.2, 0.25) is 5.88 Å². The van der Waals surface area contributed by atoms with Crippen molar-refractivity contribution in [2.75, 3.05) is 52.9 Å². The number of piperazine rings is 1. The number of aromatic nitrogens is 1. The lowest BCUT2D eigenvalue weighted by molar-refractivity contribution is 0.153. The van der Waals surface area contributed by atoms with Crippen LogP contribution < -0.4 is 16.2 Å². The van der Waals surface area contributed by atoms with Crippen molar-refractivity contribution in [3.05, 3.63) is 69.8 Å². The van der Waals surface area contributed by atoms with Crippen LogP contribution in [0.1, 0.15) is 24.8 Å². The SMILES string of the molecule is CN1CCN(/C(N)=C/C=C(\N)Oc2cc(CN3CCC(CCO)CC3)cc(-c3cc(Cl)cc(Cl)c3)n2)CC1. The minimum atomic E-state index is 0.201. The number of ether oxygens (including phenoxy) is 1. The van der Waals surface area contributed by atoms with Crippen LogP contribution in [0.5, 0.6) is 5.88 Å². The molecule has 0 unspecified atom stereocenters. The molecule has 10 heteroatoms. The van der Waals surface area contributed by atoms with Gasteiger partial charge >= 0.3 is 0 Å². The van der Waals surface area contributed by atoms with E-state index in [1.807, 2.05) is 24.3 Å². The molecule has 3 heterocycles. The summed E-state index contributed by atoms with van der Waals surface area (Å²) in [5.74, 6) is 1.84. The molecule has 5 N–H and O–H groups in total. The maximum absolute atomic E-state index is 9.26. The number of allylic oxidation sites excluding steroid dienone is 2. The quantitative estimate of drug-likeness (QED) is 0.313. The summed E-state index contributed by atoms with van der Waals surface area (Å²) in [6, 6.07) is 9.33. The van der Waals surface area contributed by atoms with Crippen molar-refractivity contribution in [3.63, 3.8) is 0 Å². The van der Waals surface area contributed by atoms with Crippen LogP contribution in [-0.4, -0.2) is 77.7 Å². The molecule has 1 aromatic heterocycles. The van der Waals surface area contributed by atoms with Crippen LogP contribution in [0.25, 0.3) is 11.3 Å². The van der Waals surface area contributed by atoms with Crippen LogP contribution in [-0.2, 0) is 6.54 Å². The fourth-order valence-electron chi connectivity index (χ4n) is 4.92. The molecule has 2 aliphatic heterocycles. The second-order valence-electron chi connectivity index (χ2n) is 10.1. The molecule has 4 rings (SSSR count). The molecule has 0 aliphatic carbocycles. The summed E-state index contributed by atoms with van der Waals surface area (Å²) in [5.41, 5.74) is 15.1. The zero-order valence-electron chi connectivity index (χ0n) is 22.0. The third-order valence-electron chi connectivity index (χ3n) is 7.18. The van der Waals surface area contributed by atoms with Gasteiger partial charge in [0.1, 0.15) is 0 Å². The highest BCUT2D eigenvalue weighted by molar-refractivity contribution is 6.35. The zero-order valence-corrected chi connectivity index (χ0v) is 23.5. The van der Waals surface area contributed by atoms with Gasteiger partial charge in [0.05, 0.1) is 11.5 Å². The molecule has 1 aromatic carbocycles. The van der Waals surface area contributed by atoms with Crippen LogP contribution in [0.15, 0.2) is 54.2 Å². The van der Waals surface area contributed by atoms with Gasteiger partial charge in [0.15, 0.2) is 5.88 Å². The predicted molar refractivity (Wildman–Crippen MR) is 154 cm³/mol. The number of hydrogen-bond acceptors (Lipinski definition) is 8. The first-order chi connectivity index (χ1) is 18.3. The number of rotatable bonds is 9. The number of nitrogens with two attached hydrogens (primary N) is 2. The fraction of sp³-hybridized carbons (Fsp3) is 0.464. The van der Waals surface area contributed by atoms with Crippen LogP contribution in [0, 0.1) is 5.92 Å². The van der Waals surface area contributed by atoms with Crippen molar-refractivity contribution in [1.29, 1.82) is 0 Å². The molecular formula is C28H38Cl2N6O2. The summed E-state index contributed by atoms with van der Waals surface area (Å²) in [5, 5.41) is 10.3. The van der Waals surface area contributed by atoms with E-state index in [9.17, 15) is 5.11 Å². The Hall–Kier alpha value is -2.49. The number of aliphatic hydroxyl groups excluding tert-OH is 1. The molecule has 0 atom stereocenters. The number of likely N-dealkylation sites (tertiary alicyclic amines) is 1. The van der Waals surface area contributed by atoms with Gasteiger partial charge < -0.3 is 31.1 Å². The zero-order chi connectivity index (χ0) is 27.1. The first-order valence-corrected chi connectivity index (χ1v) is 13.9. The molecular weight excluding hydrogens is 523 g/mol. The summed E-state index contributed by atoms with van der Waals surface area (Å²) < 4.78 is 5.96. The Morgan fingerprint density at radius 2 is 1.68 bits per heavy atom. The van der Waals surface area contributed by atoms with E-state index in [0.717, 1.165) is 76.2 Å². The Morgan fingerprint density at radius 3 is 2.34 bits per heavy atom. The molecule has 0 bridgehead atoms. The molecule has 0 spiro atoms. The van der Waals surface area contributed by atoms with Crippen molar-refractivity contribution in [2.24, 2.45) is 17.4 Å². The van der Waals surface area contributed by atoms with Gasteiger partial charge in [0, 0.05) is 67.1 Å². The first-order valence-electron chi connectivity index (χ1n) is 13.1. The summed E-state index contributed by atoms with van der Waals surface area (Å²) in [4.78, 5) is 11.5. The lowest BCUT2D eigenvalue weighted by Crippen LogP contribution is -2.45. The van der Waals surface area contributed by atoms with Crippen molar-refractivity contribution in [2.45, 2.75) is 25.8 Å². The van der Waals surface area contributed by atoms with Crippen LogP contribution in [0.2, 0.25) is 10.0 Å². The maximum Gasteiger partial charge on any atom is 0.222 e. The molecule has 2 fully saturated rings. The van der Waals surface area contributed by atoms with E-state index in [1.165, 1.54) is 0 Å². The van der Waals surface area contributed by atoms with E-state index in [4.69, 9.17) is 44.4 Å². The maximum atomic E-state index is 9.26. The predicted octanol–water partition coefficient (Wildman–Crippen LogP) is 3.88. The largest absolute Gasteiger partial charge is 0.423 e.